The molecule has 0 spiro atoms. The summed E-state index contributed by atoms with van der Waals surface area (Å²) in [6.45, 7) is 3.40. The van der Waals surface area contributed by atoms with E-state index in [1.165, 1.54) is 12.2 Å². The Bertz CT molecular complexity index is 244. The Morgan fingerprint density at radius 1 is 1.45 bits per heavy atom. The van der Waals surface area contributed by atoms with Crippen molar-refractivity contribution in [2.24, 2.45) is 0 Å². The molecule has 0 aromatic carbocycles. The predicted molar refractivity (Wildman–Crippen MR) is 48.4 cm³/mol. The number of hydrogen-bond donors (Lipinski definition) is 0. The molecule has 1 aliphatic heterocycles. The molecule has 0 unspecified atom stereocenters. The highest BCUT2D eigenvalue weighted by Gasteiger charge is 2.13. The lowest BCUT2D eigenvalue weighted by Crippen LogP contribution is -2.27. The van der Waals surface area contributed by atoms with Gasteiger partial charge >= 0.3 is 0 Å². The van der Waals surface area contributed by atoms with Crippen LogP contribution in [0, 0.1) is 0 Å². The van der Waals surface area contributed by atoms with E-state index >= 15 is 0 Å². The van der Waals surface area contributed by atoms with Gasteiger partial charge in [0.25, 0.3) is 0 Å². The van der Waals surface area contributed by atoms with Crippen LogP contribution in [0.1, 0.15) is 5.69 Å². The third-order valence-electron chi connectivity index (χ3n) is 2.11. The fourth-order valence-electron chi connectivity index (χ4n) is 1.45. The van der Waals surface area contributed by atoms with Crippen LogP contribution in [0.25, 0.3) is 0 Å². The maximum absolute atomic E-state index is 2.38. The van der Waals surface area contributed by atoms with Gasteiger partial charge in [-0.3, -0.25) is 0 Å². The highest BCUT2D eigenvalue weighted by molar-refractivity contribution is 7.96. The van der Waals surface area contributed by atoms with Gasteiger partial charge in [-0.05, 0) is 18.4 Å². The van der Waals surface area contributed by atoms with Gasteiger partial charge in [-0.25, -0.2) is 4.31 Å². The molecule has 0 aliphatic carbocycles. The van der Waals surface area contributed by atoms with Gasteiger partial charge in [-0.1, -0.05) is 11.9 Å². The van der Waals surface area contributed by atoms with E-state index in [1.54, 1.807) is 0 Å². The normalized spacial score (nSPS) is 18.3. The van der Waals surface area contributed by atoms with Crippen LogP contribution in [-0.2, 0) is 13.1 Å². The van der Waals surface area contributed by atoms with Crippen LogP contribution < -0.4 is 0 Å². The van der Waals surface area contributed by atoms with E-state index in [2.05, 4.69) is 33.5 Å². The van der Waals surface area contributed by atoms with Gasteiger partial charge in [0.1, 0.15) is 0 Å². The Morgan fingerprint density at radius 3 is 3.18 bits per heavy atom. The number of rotatable bonds is 1. The zero-order valence-corrected chi connectivity index (χ0v) is 7.47. The van der Waals surface area contributed by atoms with Crippen LogP contribution in [0.4, 0.5) is 0 Å². The number of hydrogen-bond acceptors (Lipinski definition) is 2. The Hall–Kier alpha value is -0.410. The van der Waals surface area contributed by atoms with Crippen LogP contribution in [0.3, 0.4) is 0 Å². The third-order valence-corrected chi connectivity index (χ3v) is 2.94. The van der Waals surface area contributed by atoms with E-state index in [0.717, 1.165) is 13.1 Å². The van der Waals surface area contributed by atoms with Crippen molar-refractivity contribution in [1.29, 1.82) is 0 Å². The zero-order valence-electron chi connectivity index (χ0n) is 6.66. The highest BCUT2D eigenvalue weighted by atomic mass is 32.2. The number of aromatic nitrogens is 1. The fraction of sp³-hybridized carbons (Fsp3) is 0.500. The molecule has 0 bridgehead atoms. The molecule has 3 heteroatoms. The minimum atomic E-state index is 1.09. The third kappa shape index (κ3) is 1.30. The Balaban J connectivity index is 2.18. The number of fused-ring (bicyclic) bond motifs is 1. The summed E-state index contributed by atoms with van der Waals surface area (Å²) in [6.07, 6.45) is 4.30. The van der Waals surface area contributed by atoms with Crippen molar-refractivity contribution in [3.63, 3.8) is 0 Å². The lowest BCUT2D eigenvalue weighted by Gasteiger charge is -2.25. The van der Waals surface area contributed by atoms with Crippen molar-refractivity contribution in [2.45, 2.75) is 13.1 Å². The van der Waals surface area contributed by atoms with E-state index in [4.69, 9.17) is 0 Å². The van der Waals surface area contributed by atoms with Gasteiger partial charge < -0.3 is 4.57 Å². The SMILES string of the molecule is CSN1CCn2cccc2C1. The van der Waals surface area contributed by atoms with Crippen molar-refractivity contribution in [3.8, 4) is 0 Å². The second kappa shape index (κ2) is 2.91. The Labute approximate surface area is 71.3 Å². The maximum atomic E-state index is 2.38. The van der Waals surface area contributed by atoms with Crippen LogP contribution in [0.2, 0.25) is 0 Å². The summed E-state index contributed by atoms with van der Waals surface area (Å²) >= 11 is 1.83. The van der Waals surface area contributed by atoms with E-state index in [1.807, 2.05) is 11.9 Å². The topological polar surface area (TPSA) is 8.17 Å². The van der Waals surface area contributed by atoms with Crippen LogP contribution in [0.5, 0.6) is 0 Å². The second-order valence-electron chi connectivity index (χ2n) is 2.74. The molecule has 0 saturated carbocycles. The maximum Gasteiger partial charge on any atom is 0.0494 e. The first-order chi connectivity index (χ1) is 5.40. The molecule has 60 valence electrons. The molecule has 2 heterocycles. The summed E-state index contributed by atoms with van der Waals surface area (Å²) in [5.74, 6) is 0. The molecular weight excluding hydrogens is 156 g/mol. The van der Waals surface area contributed by atoms with Crippen LogP contribution >= 0.6 is 11.9 Å². The summed E-state index contributed by atoms with van der Waals surface area (Å²) in [4.78, 5) is 0. The van der Waals surface area contributed by atoms with Crippen molar-refractivity contribution >= 4 is 11.9 Å². The summed E-state index contributed by atoms with van der Waals surface area (Å²) < 4.78 is 4.71. The molecule has 1 aromatic heterocycles. The Kier molecular flexibility index (Phi) is 1.92. The van der Waals surface area contributed by atoms with Crippen molar-refractivity contribution in [2.75, 3.05) is 12.8 Å². The first-order valence-electron chi connectivity index (χ1n) is 3.83. The lowest BCUT2D eigenvalue weighted by molar-refractivity contribution is 0.377. The van der Waals surface area contributed by atoms with Gasteiger partial charge in [-0.2, -0.15) is 0 Å². The van der Waals surface area contributed by atoms with E-state index in [0.29, 0.717) is 0 Å². The summed E-state index contributed by atoms with van der Waals surface area (Å²) in [5.41, 5.74) is 1.44. The minimum Gasteiger partial charge on any atom is -0.349 e. The van der Waals surface area contributed by atoms with Crippen LogP contribution in [-0.4, -0.2) is 21.7 Å². The van der Waals surface area contributed by atoms with E-state index in [9.17, 15) is 0 Å². The molecule has 0 saturated heterocycles. The standard InChI is InChI=1S/C8H12N2S/c1-11-10-6-5-9-4-2-3-8(9)7-10/h2-4H,5-7H2,1H3. The molecule has 2 rings (SSSR count). The number of nitrogens with zero attached hydrogens (tertiary/aromatic N) is 2. The fourth-order valence-corrected chi connectivity index (χ4v) is 1.97. The quantitative estimate of drug-likeness (QED) is 0.588. The monoisotopic (exact) mass is 168 g/mol. The molecule has 0 radical (unpaired) electrons. The molecule has 0 N–H and O–H groups in total. The average molecular weight is 168 g/mol. The first kappa shape index (κ1) is 7.25. The molecule has 0 atom stereocenters. The van der Waals surface area contributed by atoms with Crippen LogP contribution in [0.15, 0.2) is 18.3 Å². The first-order valence-corrected chi connectivity index (χ1v) is 5.01. The molecule has 0 amide bonds. The van der Waals surface area contributed by atoms with Gasteiger partial charge in [0, 0.05) is 31.5 Å². The zero-order chi connectivity index (χ0) is 7.68. The summed E-state index contributed by atoms with van der Waals surface area (Å²) in [7, 11) is 0. The van der Waals surface area contributed by atoms with Crippen molar-refractivity contribution in [3.05, 3.63) is 24.0 Å². The van der Waals surface area contributed by atoms with Gasteiger partial charge in [0.05, 0.1) is 0 Å². The van der Waals surface area contributed by atoms with E-state index in [-0.39, 0.29) is 0 Å². The van der Waals surface area contributed by atoms with Gasteiger partial charge in [0.15, 0.2) is 0 Å². The van der Waals surface area contributed by atoms with E-state index < -0.39 is 0 Å². The minimum absolute atomic E-state index is 1.09. The largest absolute Gasteiger partial charge is 0.349 e. The molecular formula is C8H12N2S. The molecule has 2 nitrogen and oxygen atoms in total. The summed E-state index contributed by atoms with van der Waals surface area (Å²) in [5, 5.41) is 0. The predicted octanol–water partition coefficient (Wildman–Crippen LogP) is 1.58. The Morgan fingerprint density at radius 2 is 2.36 bits per heavy atom. The van der Waals surface area contributed by atoms with Crippen molar-refractivity contribution < 1.29 is 0 Å². The second-order valence-corrected chi connectivity index (χ2v) is 3.62. The smallest absolute Gasteiger partial charge is 0.0494 e. The van der Waals surface area contributed by atoms with Gasteiger partial charge in [-0.15, -0.1) is 0 Å². The lowest BCUT2D eigenvalue weighted by atomic mass is 10.3. The highest BCUT2D eigenvalue weighted by Crippen LogP contribution is 2.17. The van der Waals surface area contributed by atoms with Crippen molar-refractivity contribution in [1.82, 2.24) is 8.87 Å². The average Bonchev–Trinajstić information content (AvgIpc) is 2.50. The van der Waals surface area contributed by atoms with Gasteiger partial charge in [0.2, 0.25) is 0 Å². The molecule has 1 aromatic rings. The molecule has 11 heavy (non-hydrogen) atoms. The molecule has 0 fully saturated rings. The molecule has 1 aliphatic rings. The summed E-state index contributed by atoms with van der Waals surface area (Å²) in [6, 6.07) is 4.32.